The lowest BCUT2D eigenvalue weighted by atomic mass is 10.1. The Morgan fingerprint density at radius 1 is 1.40 bits per heavy atom. The van der Waals surface area contributed by atoms with Crippen LogP contribution in [0.3, 0.4) is 0 Å². The highest BCUT2D eigenvalue weighted by atomic mass is 19.1. The maximum atomic E-state index is 13.8. The van der Waals surface area contributed by atoms with Crippen molar-refractivity contribution in [3.05, 3.63) is 35.1 Å². The molecule has 0 bridgehead atoms. The van der Waals surface area contributed by atoms with Gasteiger partial charge in [-0.2, -0.15) is 0 Å². The summed E-state index contributed by atoms with van der Waals surface area (Å²) in [4.78, 5) is 13.9. The molecule has 4 nitrogen and oxygen atoms in total. The van der Waals surface area contributed by atoms with Gasteiger partial charge in [-0.15, -0.1) is 0 Å². The smallest absolute Gasteiger partial charge is 0.254 e. The third kappa shape index (κ3) is 3.56. The molecule has 0 spiro atoms. The van der Waals surface area contributed by atoms with Gasteiger partial charge in [0, 0.05) is 25.3 Å². The highest BCUT2D eigenvalue weighted by Gasteiger charge is 2.18. The molecule has 0 atom stereocenters. The molecule has 1 aliphatic rings. The molecule has 1 heterocycles. The molecule has 106 valence electrons. The molecule has 0 saturated carbocycles. The van der Waals surface area contributed by atoms with E-state index in [1.54, 1.807) is 11.0 Å². The summed E-state index contributed by atoms with van der Waals surface area (Å²) in [6, 6.07) is 4.20. The first-order valence-electron chi connectivity index (χ1n) is 6.48. The summed E-state index contributed by atoms with van der Waals surface area (Å²) in [5.41, 5.74) is 0.480. The lowest BCUT2D eigenvalue weighted by Gasteiger charge is -2.19. The molecule has 1 aromatic carbocycles. The molecule has 0 aromatic heterocycles. The maximum Gasteiger partial charge on any atom is 0.254 e. The standard InChI is InChI=1S/C15H16FNO3/c16-14-11-13(5-4-12(14)3-1-8-18)15(19)17-6-2-9-20-10-7-17/h4-5,11,18H,2,6-10H2. The van der Waals surface area contributed by atoms with Crippen molar-refractivity contribution in [3.8, 4) is 11.8 Å². The van der Waals surface area contributed by atoms with Gasteiger partial charge in [-0.25, -0.2) is 4.39 Å². The van der Waals surface area contributed by atoms with Crippen molar-refractivity contribution in [1.29, 1.82) is 0 Å². The number of ether oxygens (including phenoxy) is 1. The summed E-state index contributed by atoms with van der Waals surface area (Å²) < 4.78 is 19.1. The van der Waals surface area contributed by atoms with E-state index in [2.05, 4.69) is 11.8 Å². The minimum Gasteiger partial charge on any atom is -0.384 e. The minimum absolute atomic E-state index is 0.176. The van der Waals surface area contributed by atoms with E-state index in [0.717, 1.165) is 6.42 Å². The van der Waals surface area contributed by atoms with Gasteiger partial charge in [0.1, 0.15) is 12.4 Å². The number of amides is 1. The molecule has 1 aliphatic heterocycles. The van der Waals surface area contributed by atoms with Gasteiger partial charge in [0.15, 0.2) is 0 Å². The van der Waals surface area contributed by atoms with Crippen LogP contribution in [0.25, 0.3) is 0 Å². The van der Waals surface area contributed by atoms with Crippen LogP contribution in [0.15, 0.2) is 18.2 Å². The molecule has 0 aliphatic carbocycles. The normalized spacial score (nSPS) is 15.2. The largest absolute Gasteiger partial charge is 0.384 e. The molecule has 1 aromatic rings. The number of aliphatic hydroxyl groups excluding tert-OH is 1. The van der Waals surface area contributed by atoms with Crippen LogP contribution in [0.2, 0.25) is 0 Å². The Hall–Kier alpha value is -1.90. The van der Waals surface area contributed by atoms with Crippen LogP contribution in [0.4, 0.5) is 4.39 Å². The van der Waals surface area contributed by atoms with E-state index in [4.69, 9.17) is 9.84 Å². The Labute approximate surface area is 117 Å². The van der Waals surface area contributed by atoms with Gasteiger partial charge in [0.2, 0.25) is 0 Å². The Morgan fingerprint density at radius 2 is 2.25 bits per heavy atom. The summed E-state index contributed by atoms with van der Waals surface area (Å²) in [5.74, 6) is 4.13. The monoisotopic (exact) mass is 277 g/mol. The zero-order valence-electron chi connectivity index (χ0n) is 11.1. The molecule has 0 unspecified atom stereocenters. The van der Waals surface area contributed by atoms with Crippen molar-refractivity contribution in [2.24, 2.45) is 0 Å². The van der Waals surface area contributed by atoms with E-state index in [1.165, 1.54) is 12.1 Å². The predicted octanol–water partition coefficient (Wildman–Crippen LogP) is 1.03. The van der Waals surface area contributed by atoms with Crippen molar-refractivity contribution < 1.29 is 19.0 Å². The quantitative estimate of drug-likeness (QED) is 0.780. The number of halogens is 1. The first kappa shape index (κ1) is 14.5. The summed E-state index contributed by atoms with van der Waals surface area (Å²) in [7, 11) is 0. The second-order valence-corrected chi connectivity index (χ2v) is 4.41. The van der Waals surface area contributed by atoms with Crippen LogP contribution >= 0.6 is 0 Å². The van der Waals surface area contributed by atoms with Gasteiger partial charge in [-0.3, -0.25) is 4.79 Å². The fourth-order valence-corrected chi connectivity index (χ4v) is 2.02. The molecule has 1 N–H and O–H groups in total. The van der Waals surface area contributed by atoms with Gasteiger partial charge in [-0.1, -0.05) is 11.8 Å². The van der Waals surface area contributed by atoms with E-state index in [1.807, 2.05) is 0 Å². The average Bonchev–Trinajstić information content (AvgIpc) is 2.74. The van der Waals surface area contributed by atoms with Crippen LogP contribution in [0.1, 0.15) is 22.3 Å². The molecule has 1 fully saturated rings. The van der Waals surface area contributed by atoms with Crippen molar-refractivity contribution in [3.63, 3.8) is 0 Å². The zero-order chi connectivity index (χ0) is 14.4. The van der Waals surface area contributed by atoms with E-state index < -0.39 is 5.82 Å². The third-order valence-corrected chi connectivity index (χ3v) is 3.03. The minimum atomic E-state index is -0.553. The number of hydrogen-bond donors (Lipinski definition) is 1. The molecule has 1 saturated heterocycles. The lowest BCUT2D eigenvalue weighted by Crippen LogP contribution is -2.33. The molecule has 1 amide bonds. The highest BCUT2D eigenvalue weighted by Crippen LogP contribution is 2.13. The van der Waals surface area contributed by atoms with Crippen molar-refractivity contribution in [2.75, 3.05) is 32.9 Å². The Balaban J connectivity index is 2.15. The number of benzene rings is 1. The first-order chi connectivity index (χ1) is 9.72. The summed E-state index contributed by atoms with van der Waals surface area (Å²) in [6.45, 7) is 1.97. The van der Waals surface area contributed by atoms with Crippen molar-refractivity contribution in [1.82, 2.24) is 4.90 Å². The second-order valence-electron chi connectivity index (χ2n) is 4.41. The van der Waals surface area contributed by atoms with Crippen LogP contribution in [-0.2, 0) is 4.74 Å². The van der Waals surface area contributed by atoms with Crippen molar-refractivity contribution >= 4 is 5.91 Å². The molecular formula is C15H16FNO3. The summed E-state index contributed by atoms with van der Waals surface area (Å²) in [5, 5.41) is 8.59. The van der Waals surface area contributed by atoms with Gasteiger partial charge >= 0.3 is 0 Å². The topological polar surface area (TPSA) is 49.8 Å². The van der Waals surface area contributed by atoms with E-state index >= 15 is 0 Å². The number of rotatable bonds is 1. The summed E-state index contributed by atoms with van der Waals surface area (Å²) in [6.07, 6.45) is 0.786. The van der Waals surface area contributed by atoms with Crippen LogP contribution in [-0.4, -0.2) is 48.8 Å². The van der Waals surface area contributed by atoms with E-state index in [-0.39, 0.29) is 18.1 Å². The predicted molar refractivity (Wildman–Crippen MR) is 71.7 cm³/mol. The third-order valence-electron chi connectivity index (χ3n) is 3.03. The molecule has 20 heavy (non-hydrogen) atoms. The number of nitrogens with zero attached hydrogens (tertiary/aromatic N) is 1. The highest BCUT2D eigenvalue weighted by molar-refractivity contribution is 5.94. The first-order valence-corrected chi connectivity index (χ1v) is 6.48. The Morgan fingerprint density at radius 3 is 3.00 bits per heavy atom. The fourth-order valence-electron chi connectivity index (χ4n) is 2.02. The van der Waals surface area contributed by atoms with Gasteiger partial charge in [0.05, 0.1) is 12.2 Å². The number of carbonyl (C=O) groups is 1. The number of hydrogen-bond acceptors (Lipinski definition) is 3. The van der Waals surface area contributed by atoms with Gasteiger partial charge in [-0.05, 0) is 24.6 Å². The average molecular weight is 277 g/mol. The van der Waals surface area contributed by atoms with E-state index in [0.29, 0.717) is 31.9 Å². The number of carbonyl (C=O) groups excluding carboxylic acids is 1. The lowest BCUT2D eigenvalue weighted by molar-refractivity contribution is 0.0741. The van der Waals surface area contributed by atoms with Gasteiger partial charge < -0.3 is 14.7 Å². The number of aliphatic hydroxyl groups is 1. The maximum absolute atomic E-state index is 13.8. The molecule has 2 rings (SSSR count). The van der Waals surface area contributed by atoms with Crippen molar-refractivity contribution in [2.45, 2.75) is 6.42 Å². The van der Waals surface area contributed by atoms with Gasteiger partial charge in [0.25, 0.3) is 5.91 Å². The second kappa shape index (κ2) is 7.04. The van der Waals surface area contributed by atoms with Crippen LogP contribution in [0, 0.1) is 17.7 Å². The summed E-state index contributed by atoms with van der Waals surface area (Å²) >= 11 is 0. The molecule has 0 radical (unpaired) electrons. The fraction of sp³-hybridized carbons (Fsp3) is 0.400. The Bertz CT molecular complexity index is 540. The van der Waals surface area contributed by atoms with E-state index in [9.17, 15) is 9.18 Å². The van der Waals surface area contributed by atoms with Crippen LogP contribution in [0.5, 0.6) is 0 Å². The Kier molecular flexibility index (Phi) is 5.10. The zero-order valence-corrected chi connectivity index (χ0v) is 11.1. The SMILES string of the molecule is O=C(c1ccc(C#CCO)c(F)c1)N1CCCOCC1. The van der Waals surface area contributed by atoms with Crippen LogP contribution < -0.4 is 0 Å². The molecular weight excluding hydrogens is 261 g/mol. The molecule has 5 heteroatoms.